The zero-order valence-electron chi connectivity index (χ0n) is 17.5. The minimum Gasteiger partial charge on any atom is -0.495 e. The van der Waals surface area contributed by atoms with Crippen molar-refractivity contribution in [3.05, 3.63) is 35.7 Å². The van der Waals surface area contributed by atoms with Gasteiger partial charge in [-0.2, -0.15) is 5.10 Å². The molecule has 2 N–H and O–H groups in total. The number of aromatic nitrogens is 4. The lowest BCUT2D eigenvalue weighted by atomic mass is 9.86. The lowest BCUT2D eigenvalue weighted by Gasteiger charge is -2.22. The summed E-state index contributed by atoms with van der Waals surface area (Å²) in [6.07, 6.45) is 8.02. The smallest absolute Gasteiger partial charge is 0.168 e. The van der Waals surface area contributed by atoms with E-state index in [0.29, 0.717) is 23.0 Å². The fourth-order valence-electron chi connectivity index (χ4n) is 4.61. The zero-order valence-corrected chi connectivity index (χ0v) is 17.5. The van der Waals surface area contributed by atoms with Crippen LogP contribution in [-0.2, 0) is 0 Å². The molecule has 0 spiro atoms. The molecule has 5 rings (SSSR count). The van der Waals surface area contributed by atoms with Crippen LogP contribution in [0.25, 0.3) is 17.0 Å². The minimum absolute atomic E-state index is 0.0228. The topological polar surface area (TPSA) is 76.4 Å². The van der Waals surface area contributed by atoms with E-state index in [9.17, 15) is 8.78 Å². The van der Waals surface area contributed by atoms with Gasteiger partial charge in [0, 0.05) is 30.6 Å². The van der Waals surface area contributed by atoms with E-state index in [1.807, 2.05) is 6.07 Å². The van der Waals surface area contributed by atoms with E-state index in [1.54, 1.807) is 11.6 Å². The highest BCUT2D eigenvalue weighted by molar-refractivity contribution is 5.63. The number of anilines is 1. The largest absolute Gasteiger partial charge is 0.495 e. The van der Waals surface area contributed by atoms with Gasteiger partial charge in [-0.1, -0.05) is 19.3 Å². The van der Waals surface area contributed by atoms with Crippen molar-refractivity contribution >= 4 is 11.5 Å². The van der Waals surface area contributed by atoms with Crippen LogP contribution < -0.4 is 15.4 Å². The number of methoxy groups -OCH3 is 1. The Hall–Kier alpha value is -2.81. The van der Waals surface area contributed by atoms with Gasteiger partial charge in [0.25, 0.3) is 0 Å². The number of imidazole rings is 1. The van der Waals surface area contributed by atoms with Gasteiger partial charge in [-0.3, -0.25) is 0 Å². The minimum atomic E-state index is -0.744. The summed E-state index contributed by atoms with van der Waals surface area (Å²) in [7, 11) is 1.63. The number of rotatable bonds is 5. The quantitative estimate of drug-likeness (QED) is 0.642. The number of fused-ring (bicyclic) bond motifs is 1. The summed E-state index contributed by atoms with van der Waals surface area (Å²) in [6.45, 7) is 1.58. The van der Waals surface area contributed by atoms with Gasteiger partial charge in [-0.25, -0.2) is 23.3 Å². The van der Waals surface area contributed by atoms with E-state index >= 15 is 0 Å². The summed E-state index contributed by atoms with van der Waals surface area (Å²) >= 11 is 0. The molecule has 1 saturated carbocycles. The molecular weight excluding hydrogens is 402 g/mol. The molecule has 0 radical (unpaired) electrons. The summed E-state index contributed by atoms with van der Waals surface area (Å²) < 4.78 is 36.4. The summed E-state index contributed by atoms with van der Waals surface area (Å²) in [4.78, 5) is 8.67. The summed E-state index contributed by atoms with van der Waals surface area (Å²) in [5.41, 5.74) is 1.80. The van der Waals surface area contributed by atoms with Crippen LogP contribution in [-0.4, -0.2) is 45.8 Å². The first-order chi connectivity index (χ1) is 15.1. The van der Waals surface area contributed by atoms with E-state index in [1.165, 1.54) is 12.6 Å². The van der Waals surface area contributed by atoms with Crippen LogP contribution in [0.2, 0.25) is 0 Å². The molecule has 164 valence electrons. The predicted octanol–water partition coefficient (Wildman–Crippen LogP) is 3.90. The molecule has 0 amide bonds. The van der Waals surface area contributed by atoms with Crippen molar-refractivity contribution < 1.29 is 13.5 Å². The standard InChI is InChI=1S/C22H26F2N6O/c1-31-18-10-19-26-12-17(30(19)29-20(18)13-5-3-2-4-6-13)21-15(23)9-16(24)22(28-21)27-14-7-8-25-11-14/h9-10,12-14,25H,2-8,11H2,1H3,(H,27,28). The molecule has 4 heterocycles. The van der Waals surface area contributed by atoms with E-state index in [2.05, 4.69) is 20.6 Å². The Kier molecular flexibility index (Phi) is 5.43. The van der Waals surface area contributed by atoms with Crippen molar-refractivity contribution in [3.8, 4) is 17.1 Å². The van der Waals surface area contributed by atoms with Gasteiger partial charge in [0.05, 0.1) is 13.3 Å². The Morgan fingerprint density at radius 2 is 1.97 bits per heavy atom. The Labute approximate surface area is 179 Å². The van der Waals surface area contributed by atoms with Crippen LogP contribution in [0.15, 0.2) is 18.3 Å². The molecule has 0 aromatic carbocycles. The maximum Gasteiger partial charge on any atom is 0.168 e. The molecule has 31 heavy (non-hydrogen) atoms. The van der Waals surface area contributed by atoms with Gasteiger partial charge in [0.2, 0.25) is 0 Å². The maximum absolute atomic E-state index is 14.8. The van der Waals surface area contributed by atoms with E-state index in [-0.39, 0.29) is 17.6 Å². The second-order valence-corrected chi connectivity index (χ2v) is 8.33. The summed E-state index contributed by atoms with van der Waals surface area (Å²) in [6, 6.07) is 2.76. The molecule has 7 nitrogen and oxygen atoms in total. The van der Waals surface area contributed by atoms with Crippen LogP contribution in [0.4, 0.5) is 14.6 Å². The molecule has 1 unspecified atom stereocenters. The fourth-order valence-corrected chi connectivity index (χ4v) is 4.61. The first kappa shape index (κ1) is 20.1. The molecule has 3 aromatic heterocycles. The van der Waals surface area contributed by atoms with Gasteiger partial charge in [-0.05, 0) is 25.8 Å². The molecule has 3 aromatic rings. The van der Waals surface area contributed by atoms with Crippen LogP contribution in [0.3, 0.4) is 0 Å². The van der Waals surface area contributed by atoms with Crippen molar-refractivity contribution in [2.45, 2.75) is 50.5 Å². The van der Waals surface area contributed by atoms with E-state index in [4.69, 9.17) is 9.84 Å². The molecule has 9 heteroatoms. The van der Waals surface area contributed by atoms with Gasteiger partial charge in [0.1, 0.15) is 22.8 Å². The SMILES string of the molecule is COc1cc2ncc(-c3nc(NC4CCNC4)c(F)cc3F)n2nc1C1CCCCC1. The highest BCUT2D eigenvalue weighted by atomic mass is 19.1. The second-order valence-electron chi connectivity index (χ2n) is 8.33. The monoisotopic (exact) mass is 428 g/mol. The first-order valence-corrected chi connectivity index (χ1v) is 10.9. The van der Waals surface area contributed by atoms with Gasteiger partial charge >= 0.3 is 0 Å². The number of halogens is 2. The number of hydrogen-bond acceptors (Lipinski definition) is 6. The number of pyridine rings is 1. The predicted molar refractivity (Wildman–Crippen MR) is 113 cm³/mol. The van der Waals surface area contributed by atoms with Crippen LogP contribution in [0.1, 0.15) is 50.1 Å². The lowest BCUT2D eigenvalue weighted by Crippen LogP contribution is -2.23. The number of nitrogens with zero attached hydrogens (tertiary/aromatic N) is 4. The molecule has 1 atom stereocenters. The summed E-state index contributed by atoms with van der Waals surface area (Å²) in [5.74, 6) is -0.423. The molecular formula is C22H26F2N6O. The van der Waals surface area contributed by atoms with Crippen LogP contribution >= 0.6 is 0 Å². The highest BCUT2D eigenvalue weighted by Crippen LogP contribution is 2.37. The van der Waals surface area contributed by atoms with Crippen molar-refractivity contribution in [2.75, 3.05) is 25.5 Å². The molecule has 0 bridgehead atoms. The fraction of sp³-hybridized carbons (Fsp3) is 0.500. The van der Waals surface area contributed by atoms with Gasteiger partial charge in [-0.15, -0.1) is 0 Å². The average Bonchev–Trinajstić information content (AvgIpc) is 3.45. The first-order valence-electron chi connectivity index (χ1n) is 10.9. The summed E-state index contributed by atoms with van der Waals surface area (Å²) in [5, 5.41) is 11.1. The molecule has 1 aliphatic carbocycles. The Bertz CT molecular complexity index is 1090. The van der Waals surface area contributed by atoms with Gasteiger partial charge in [0.15, 0.2) is 23.1 Å². The molecule has 2 fully saturated rings. The number of ether oxygens (including phenoxy) is 1. The Morgan fingerprint density at radius 1 is 1.13 bits per heavy atom. The van der Waals surface area contributed by atoms with Crippen molar-refractivity contribution in [3.63, 3.8) is 0 Å². The van der Waals surface area contributed by atoms with Crippen LogP contribution in [0, 0.1) is 11.6 Å². The van der Waals surface area contributed by atoms with Crippen molar-refractivity contribution in [1.82, 2.24) is 24.9 Å². The molecule has 1 aliphatic heterocycles. The normalized spacial score (nSPS) is 19.8. The third kappa shape index (κ3) is 3.82. The number of hydrogen-bond donors (Lipinski definition) is 2. The van der Waals surface area contributed by atoms with Gasteiger partial charge < -0.3 is 15.4 Å². The third-order valence-electron chi connectivity index (χ3n) is 6.27. The maximum atomic E-state index is 14.8. The Balaban J connectivity index is 1.58. The highest BCUT2D eigenvalue weighted by Gasteiger charge is 2.25. The third-order valence-corrected chi connectivity index (χ3v) is 6.27. The van der Waals surface area contributed by atoms with Crippen molar-refractivity contribution in [1.29, 1.82) is 0 Å². The number of nitrogens with one attached hydrogen (secondary N) is 2. The van der Waals surface area contributed by atoms with E-state index < -0.39 is 11.6 Å². The Morgan fingerprint density at radius 3 is 2.71 bits per heavy atom. The average molecular weight is 428 g/mol. The molecule has 1 saturated heterocycles. The van der Waals surface area contributed by atoms with E-state index in [0.717, 1.165) is 57.0 Å². The zero-order chi connectivity index (χ0) is 21.4. The molecule has 2 aliphatic rings. The van der Waals surface area contributed by atoms with Crippen molar-refractivity contribution in [2.24, 2.45) is 0 Å². The second kappa shape index (κ2) is 8.37. The lowest BCUT2D eigenvalue weighted by molar-refractivity contribution is 0.377. The van der Waals surface area contributed by atoms with Crippen LogP contribution in [0.5, 0.6) is 5.75 Å².